The van der Waals surface area contributed by atoms with E-state index in [-0.39, 0.29) is 57.0 Å². The smallest absolute Gasteiger partial charge is 0.335 e. The second-order valence-corrected chi connectivity index (χ2v) is 11.1. The summed E-state index contributed by atoms with van der Waals surface area (Å²) in [7, 11) is 0. The Hall–Kier alpha value is -4.11. The van der Waals surface area contributed by atoms with Crippen molar-refractivity contribution in [3.8, 4) is 5.75 Å². The molecular formula is C30H22BrNO7. The summed E-state index contributed by atoms with van der Waals surface area (Å²) >= 11 is 3.20. The van der Waals surface area contributed by atoms with Gasteiger partial charge < -0.3 is 10.2 Å². The number of hydrogen-bond acceptors (Lipinski definition) is 6. The van der Waals surface area contributed by atoms with Gasteiger partial charge in [-0.15, -0.1) is 0 Å². The Morgan fingerprint density at radius 2 is 1.77 bits per heavy atom. The zero-order chi connectivity index (χ0) is 27.7. The van der Waals surface area contributed by atoms with E-state index in [0.29, 0.717) is 11.1 Å². The highest BCUT2D eigenvalue weighted by Gasteiger charge is 2.57. The minimum atomic E-state index is -1.18. The lowest BCUT2D eigenvalue weighted by Crippen LogP contribution is -2.39. The first-order valence-electron chi connectivity index (χ1n) is 12.5. The molecule has 1 saturated heterocycles. The number of carboxylic acids is 1. The van der Waals surface area contributed by atoms with Gasteiger partial charge in [0, 0.05) is 28.7 Å². The van der Waals surface area contributed by atoms with Gasteiger partial charge in [0.2, 0.25) is 11.8 Å². The molecule has 0 aromatic heterocycles. The number of para-hydroxylation sites is 1. The molecule has 2 N–H and O–H groups in total. The van der Waals surface area contributed by atoms with Crippen LogP contribution >= 0.6 is 15.9 Å². The molecule has 8 nitrogen and oxygen atoms in total. The molecule has 196 valence electrons. The average molecular weight is 588 g/mol. The van der Waals surface area contributed by atoms with Crippen molar-refractivity contribution in [1.29, 1.82) is 0 Å². The minimum Gasteiger partial charge on any atom is -0.507 e. The van der Waals surface area contributed by atoms with Crippen molar-refractivity contribution in [2.24, 2.45) is 17.8 Å². The molecule has 0 radical (unpaired) electrons. The standard InChI is InChI=1S/C30H22BrNO7/c1-13-4-2-7-17(26(13)34)23-16-8-9-18-24(19(16)11-20-25(23)22(33)12-21(31)27(20)35)29(37)32(28(18)36)15-6-3-5-14(10-15)30(38)39/h2-8,10,12,18-19,23-24,34H,9,11H2,1H3,(H,38,39)/t18-,19+,23+,24-/m0/s1. The second kappa shape index (κ2) is 8.98. The van der Waals surface area contributed by atoms with Crippen LogP contribution in [0.1, 0.15) is 40.2 Å². The first-order chi connectivity index (χ1) is 18.6. The Kier molecular flexibility index (Phi) is 5.80. The van der Waals surface area contributed by atoms with Crippen LogP contribution in [0.2, 0.25) is 0 Å². The van der Waals surface area contributed by atoms with Crippen LogP contribution in [0.25, 0.3) is 0 Å². The normalized spacial score (nSPS) is 26.2. The van der Waals surface area contributed by atoms with Crippen LogP contribution in [-0.4, -0.2) is 39.6 Å². The summed E-state index contributed by atoms with van der Waals surface area (Å²) in [6.45, 7) is 1.74. The molecule has 4 aliphatic rings. The predicted molar refractivity (Wildman–Crippen MR) is 143 cm³/mol. The highest BCUT2D eigenvalue weighted by molar-refractivity contribution is 9.12. The van der Waals surface area contributed by atoms with Crippen LogP contribution in [-0.2, 0) is 19.2 Å². The molecule has 39 heavy (non-hydrogen) atoms. The molecule has 0 bridgehead atoms. The minimum absolute atomic E-state index is 0.00725. The van der Waals surface area contributed by atoms with Gasteiger partial charge in [-0.1, -0.05) is 35.9 Å². The Morgan fingerprint density at radius 3 is 2.51 bits per heavy atom. The zero-order valence-corrected chi connectivity index (χ0v) is 22.3. The third-order valence-corrected chi connectivity index (χ3v) is 8.85. The number of aromatic hydroxyl groups is 1. The van der Waals surface area contributed by atoms with Crippen molar-refractivity contribution in [2.45, 2.75) is 25.7 Å². The van der Waals surface area contributed by atoms with Gasteiger partial charge in [0.25, 0.3) is 0 Å². The molecule has 2 aromatic rings. The summed E-state index contributed by atoms with van der Waals surface area (Å²) in [4.78, 5) is 66.6. The lowest BCUT2D eigenvalue weighted by Gasteiger charge is -2.42. The SMILES string of the molecule is Cc1cccc([C@H]2C3=CC[C@@H]4C(=O)N(c5cccc(C(=O)O)c5)C(=O)[C@@H]4[C@@H]3CC3=C2C(=O)C=C(Br)C3=O)c1O. The molecule has 1 aliphatic heterocycles. The number of aromatic carboxylic acids is 1. The van der Waals surface area contributed by atoms with Crippen LogP contribution < -0.4 is 4.90 Å². The number of fused-ring (bicyclic) bond motifs is 3. The lowest BCUT2D eigenvalue weighted by molar-refractivity contribution is -0.123. The number of allylic oxidation sites excluding steroid dienone is 6. The highest BCUT2D eigenvalue weighted by Crippen LogP contribution is 2.56. The van der Waals surface area contributed by atoms with E-state index in [0.717, 1.165) is 10.5 Å². The van der Waals surface area contributed by atoms with Crippen molar-refractivity contribution in [3.05, 3.63) is 92.5 Å². The van der Waals surface area contributed by atoms with Crippen LogP contribution in [0, 0.1) is 24.7 Å². The number of imide groups is 1. The second-order valence-electron chi connectivity index (χ2n) is 10.3. The Bertz CT molecular complexity index is 1630. The van der Waals surface area contributed by atoms with Gasteiger partial charge in [0.15, 0.2) is 11.6 Å². The fourth-order valence-electron chi connectivity index (χ4n) is 6.51. The molecule has 4 atom stereocenters. The highest BCUT2D eigenvalue weighted by atomic mass is 79.9. The van der Waals surface area contributed by atoms with Gasteiger partial charge in [-0.05, 0) is 65.4 Å². The van der Waals surface area contributed by atoms with Crippen molar-refractivity contribution in [2.75, 3.05) is 4.90 Å². The lowest BCUT2D eigenvalue weighted by atomic mass is 9.59. The third kappa shape index (κ3) is 3.67. The Balaban J connectivity index is 1.49. The van der Waals surface area contributed by atoms with Crippen LogP contribution in [0.5, 0.6) is 5.75 Å². The summed E-state index contributed by atoms with van der Waals surface area (Å²) in [6.07, 6.45) is 3.45. The fraction of sp³-hybridized carbons (Fsp3) is 0.233. The summed E-state index contributed by atoms with van der Waals surface area (Å²) < 4.78 is 0.124. The number of nitrogens with zero attached hydrogens (tertiary/aromatic N) is 1. The number of rotatable bonds is 3. The van der Waals surface area contributed by atoms with Crippen molar-refractivity contribution >= 4 is 51.0 Å². The number of carboxylic acid groups (broad SMARTS) is 1. The first kappa shape index (κ1) is 25.2. The maximum Gasteiger partial charge on any atom is 0.335 e. The van der Waals surface area contributed by atoms with Gasteiger partial charge in [-0.2, -0.15) is 0 Å². The maximum atomic E-state index is 13.9. The number of halogens is 1. The first-order valence-corrected chi connectivity index (χ1v) is 13.3. The molecule has 0 unspecified atom stereocenters. The maximum absolute atomic E-state index is 13.9. The topological polar surface area (TPSA) is 129 Å². The number of carbonyl (C=O) groups is 5. The van der Waals surface area contributed by atoms with E-state index in [2.05, 4.69) is 15.9 Å². The van der Waals surface area contributed by atoms with E-state index < -0.39 is 41.5 Å². The van der Waals surface area contributed by atoms with E-state index in [1.807, 2.05) is 6.08 Å². The number of ketones is 2. The third-order valence-electron chi connectivity index (χ3n) is 8.26. The van der Waals surface area contributed by atoms with E-state index in [4.69, 9.17) is 0 Å². The largest absolute Gasteiger partial charge is 0.507 e. The number of carbonyl (C=O) groups excluding carboxylic acids is 4. The van der Waals surface area contributed by atoms with Crippen molar-refractivity contribution in [1.82, 2.24) is 0 Å². The molecule has 0 saturated carbocycles. The Morgan fingerprint density at radius 1 is 1.03 bits per heavy atom. The zero-order valence-electron chi connectivity index (χ0n) is 20.7. The number of phenolic OH excluding ortho intramolecular Hbond substituents is 1. The number of Topliss-reactive ketones (excluding diaryl/α,β-unsaturated/α-hetero) is 1. The van der Waals surface area contributed by atoms with Crippen molar-refractivity contribution in [3.63, 3.8) is 0 Å². The average Bonchev–Trinajstić information content (AvgIpc) is 3.17. The molecule has 2 aromatic carbocycles. The van der Waals surface area contributed by atoms with E-state index in [9.17, 15) is 34.2 Å². The number of phenols is 1. The van der Waals surface area contributed by atoms with Gasteiger partial charge in [0.05, 0.1) is 27.6 Å². The molecule has 1 fully saturated rings. The van der Waals surface area contributed by atoms with Gasteiger partial charge in [-0.25, -0.2) is 4.79 Å². The van der Waals surface area contributed by atoms with E-state index >= 15 is 0 Å². The van der Waals surface area contributed by atoms with Gasteiger partial charge >= 0.3 is 5.97 Å². The monoisotopic (exact) mass is 587 g/mol. The number of aryl methyl sites for hydroxylation is 1. The molecule has 6 rings (SSSR count). The van der Waals surface area contributed by atoms with Crippen LogP contribution in [0.4, 0.5) is 5.69 Å². The van der Waals surface area contributed by atoms with Crippen LogP contribution in [0.15, 0.2) is 75.8 Å². The summed E-state index contributed by atoms with van der Waals surface area (Å²) in [5.74, 6) is -5.57. The molecule has 0 spiro atoms. The number of benzene rings is 2. The van der Waals surface area contributed by atoms with E-state index in [1.165, 1.54) is 30.3 Å². The summed E-state index contributed by atoms with van der Waals surface area (Å²) in [6, 6.07) is 10.9. The van der Waals surface area contributed by atoms with Crippen molar-refractivity contribution < 1.29 is 34.2 Å². The summed E-state index contributed by atoms with van der Waals surface area (Å²) in [5, 5.41) is 20.4. The molecule has 1 heterocycles. The van der Waals surface area contributed by atoms with E-state index in [1.54, 1.807) is 25.1 Å². The molecule has 2 amide bonds. The molecular weight excluding hydrogens is 566 g/mol. The van der Waals surface area contributed by atoms with Gasteiger partial charge in [-0.3, -0.25) is 24.1 Å². The fourth-order valence-corrected chi connectivity index (χ4v) is 6.96. The number of hydrogen-bond donors (Lipinski definition) is 2. The Labute approximate surface area is 231 Å². The number of amides is 2. The summed E-state index contributed by atoms with van der Waals surface area (Å²) in [5.41, 5.74) is 2.49. The van der Waals surface area contributed by atoms with Gasteiger partial charge in [0.1, 0.15) is 5.75 Å². The number of anilines is 1. The molecule has 9 heteroatoms. The molecule has 3 aliphatic carbocycles. The van der Waals surface area contributed by atoms with Crippen LogP contribution in [0.3, 0.4) is 0 Å². The quantitative estimate of drug-likeness (QED) is 0.310. The predicted octanol–water partition coefficient (Wildman–Crippen LogP) is 4.37.